The van der Waals surface area contributed by atoms with E-state index < -0.39 is 0 Å². The Morgan fingerprint density at radius 1 is 1.19 bits per heavy atom. The largest absolute Gasteiger partial charge is 0.295 e. The van der Waals surface area contributed by atoms with Crippen molar-refractivity contribution >= 4 is 50.2 Å². The van der Waals surface area contributed by atoms with E-state index in [1.165, 1.54) is 0 Å². The summed E-state index contributed by atoms with van der Waals surface area (Å²) in [5.74, 6) is 0.819. The average Bonchev–Trinajstić information content (AvgIpc) is 2.77. The molecular formula is C16H13BrCl2N2. The summed E-state index contributed by atoms with van der Waals surface area (Å²) in [6.07, 6.45) is 0. The Labute approximate surface area is 141 Å². The van der Waals surface area contributed by atoms with Crippen molar-refractivity contribution in [3.05, 3.63) is 57.3 Å². The summed E-state index contributed by atoms with van der Waals surface area (Å²) in [6.45, 7) is 3.99. The van der Waals surface area contributed by atoms with Crippen LogP contribution in [0.25, 0.3) is 16.7 Å². The highest BCUT2D eigenvalue weighted by atomic mass is 79.9. The lowest BCUT2D eigenvalue weighted by atomic mass is 10.2. The van der Waals surface area contributed by atoms with Crippen molar-refractivity contribution in [1.29, 1.82) is 0 Å². The second kappa shape index (κ2) is 5.64. The maximum Gasteiger partial charge on any atom is 0.132 e. The van der Waals surface area contributed by atoms with Crippen LogP contribution in [0.5, 0.6) is 0 Å². The predicted octanol–water partition coefficient (Wildman–Crippen LogP) is 6.05. The first-order valence-electron chi connectivity index (χ1n) is 6.56. The summed E-state index contributed by atoms with van der Waals surface area (Å²) in [7, 11) is 0. The monoisotopic (exact) mass is 382 g/mol. The Morgan fingerprint density at radius 2 is 1.95 bits per heavy atom. The maximum absolute atomic E-state index is 6.33. The van der Waals surface area contributed by atoms with Crippen molar-refractivity contribution < 1.29 is 0 Å². The summed E-state index contributed by atoms with van der Waals surface area (Å²) in [5, 5.41) is 0.492. The maximum atomic E-state index is 6.33. The van der Waals surface area contributed by atoms with E-state index in [-0.39, 0.29) is 5.38 Å². The quantitative estimate of drug-likeness (QED) is 0.492. The molecule has 2 nitrogen and oxygen atoms in total. The molecule has 21 heavy (non-hydrogen) atoms. The lowest BCUT2D eigenvalue weighted by Crippen LogP contribution is -2.03. The number of hydrogen-bond acceptors (Lipinski definition) is 1. The van der Waals surface area contributed by atoms with Crippen LogP contribution in [0.2, 0.25) is 5.02 Å². The van der Waals surface area contributed by atoms with Gasteiger partial charge in [0.1, 0.15) is 5.82 Å². The van der Waals surface area contributed by atoms with Crippen molar-refractivity contribution in [3.8, 4) is 5.69 Å². The van der Waals surface area contributed by atoms with Crippen LogP contribution >= 0.6 is 39.1 Å². The molecule has 0 amide bonds. The van der Waals surface area contributed by atoms with Gasteiger partial charge in [0, 0.05) is 9.50 Å². The van der Waals surface area contributed by atoms with Crippen LogP contribution < -0.4 is 0 Å². The summed E-state index contributed by atoms with van der Waals surface area (Å²) in [6, 6.07) is 11.8. The Morgan fingerprint density at radius 3 is 2.62 bits per heavy atom. The summed E-state index contributed by atoms with van der Waals surface area (Å²) < 4.78 is 3.13. The van der Waals surface area contributed by atoms with Crippen LogP contribution in [0.3, 0.4) is 0 Å². The molecule has 0 aliphatic carbocycles. The topological polar surface area (TPSA) is 17.8 Å². The van der Waals surface area contributed by atoms with E-state index in [0.717, 1.165) is 32.6 Å². The van der Waals surface area contributed by atoms with Gasteiger partial charge in [-0.1, -0.05) is 27.5 Å². The lowest BCUT2D eigenvalue weighted by molar-refractivity contribution is 0.878. The minimum atomic E-state index is -0.195. The van der Waals surface area contributed by atoms with Crippen LogP contribution in [0, 0.1) is 6.92 Å². The smallest absolute Gasteiger partial charge is 0.132 e. The van der Waals surface area contributed by atoms with E-state index in [0.29, 0.717) is 5.02 Å². The molecule has 0 radical (unpaired) electrons. The van der Waals surface area contributed by atoms with Gasteiger partial charge in [0.05, 0.1) is 22.1 Å². The average molecular weight is 384 g/mol. The second-order valence-electron chi connectivity index (χ2n) is 4.99. The van der Waals surface area contributed by atoms with Crippen LogP contribution in [0.1, 0.15) is 23.7 Å². The molecule has 1 heterocycles. The number of halogens is 3. The summed E-state index contributed by atoms with van der Waals surface area (Å²) >= 11 is 16.0. The number of fused-ring (bicyclic) bond motifs is 1. The van der Waals surface area contributed by atoms with Crippen molar-refractivity contribution in [3.63, 3.8) is 0 Å². The van der Waals surface area contributed by atoms with E-state index in [1.807, 2.05) is 31.2 Å². The number of imidazole rings is 1. The first-order valence-corrected chi connectivity index (χ1v) is 8.16. The molecule has 0 aliphatic rings. The first kappa shape index (κ1) is 14.9. The molecule has 108 valence electrons. The van der Waals surface area contributed by atoms with Crippen molar-refractivity contribution in [2.75, 3.05) is 0 Å². The van der Waals surface area contributed by atoms with E-state index in [1.54, 1.807) is 0 Å². The van der Waals surface area contributed by atoms with Gasteiger partial charge in [0.2, 0.25) is 0 Å². The number of aromatic nitrogens is 2. The molecule has 1 aromatic heterocycles. The Bertz CT molecular complexity index is 825. The van der Waals surface area contributed by atoms with Crippen molar-refractivity contribution in [2.45, 2.75) is 19.2 Å². The van der Waals surface area contributed by atoms with Gasteiger partial charge >= 0.3 is 0 Å². The van der Waals surface area contributed by atoms with Gasteiger partial charge in [-0.05, 0) is 55.8 Å². The predicted molar refractivity (Wildman–Crippen MR) is 92.8 cm³/mol. The minimum absolute atomic E-state index is 0.195. The molecule has 0 aliphatic heterocycles. The van der Waals surface area contributed by atoms with Crippen LogP contribution in [-0.4, -0.2) is 9.55 Å². The fourth-order valence-corrected chi connectivity index (χ4v) is 3.25. The molecule has 0 fully saturated rings. The molecule has 0 bridgehead atoms. The SMILES string of the molecule is Cc1cc(Br)ccc1-n1c(C(C)Cl)nc2ccc(Cl)cc21. The van der Waals surface area contributed by atoms with Gasteiger partial charge in [-0.2, -0.15) is 0 Å². The normalized spacial score (nSPS) is 12.8. The standard InChI is InChI=1S/C16H13BrCl2N2/c1-9-7-11(17)3-6-14(9)21-15-8-12(19)4-5-13(15)20-16(21)10(2)18/h3-8,10H,1-2H3. The van der Waals surface area contributed by atoms with Gasteiger partial charge < -0.3 is 0 Å². The number of aryl methyl sites for hydroxylation is 1. The molecule has 1 unspecified atom stereocenters. The zero-order chi connectivity index (χ0) is 15.1. The third kappa shape index (κ3) is 2.70. The van der Waals surface area contributed by atoms with Gasteiger partial charge in [0.25, 0.3) is 0 Å². The van der Waals surface area contributed by atoms with Crippen molar-refractivity contribution in [1.82, 2.24) is 9.55 Å². The fourth-order valence-electron chi connectivity index (χ4n) is 2.46. The molecule has 0 saturated heterocycles. The zero-order valence-corrected chi connectivity index (χ0v) is 14.7. The summed E-state index contributed by atoms with van der Waals surface area (Å²) in [5.41, 5.74) is 4.06. The molecule has 2 aromatic carbocycles. The number of alkyl halides is 1. The number of hydrogen-bond donors (Lipinski definition) is 0. The van der Waals surface area contributed by atoms with Crippen LogP contribution in [0.15, 0.2) is 40.9 Å². The van der Waals surface area contributed by atoms with Gasteiger partial charge in [-0.15, -0.1) is 11.6 Å². The number of rotatable bonds is 2. The molecule has 1 atom stereocenters. The van der Waals surface area contributed by atoms with Gasteiger partial charge in [0.15, 0.2) is 0 Å². The first-order chi connectivity index (χ1) is 9.97. The molecule has 3 aromatic rings. The molecule has 0 saturated carbocycles. The third-order valence-corrected chi connectivity index (χ3v) is 4.32. The highest BCUT2D eigenvalue weighted by Crippen LogP contribution is 2.31. The highest BCUT2D eigenvalue weighted by Gasteiger charge is 2.17. The van der Waals surface area contributed by atoms with Gasteiger partial charge in [-0.3, -0.25) is 4.57 Å². The third-order valence-electron chi connectivity index (χ3n) is 3.40. The van der Waals surface area contributed by atoms with E-state index in [2.05, 4.69) is 44.5 Å². The van der Waals surface area contributed by atoms with E-state index in [4.69, 9.17) is 23.2 Å². The highest BCUT2D eigenvalue weighted by molar-refractivity contribution is 9.10. The second-order valence-corrected chi connectivity index (χ2v) is 6.99. The summed E-state index contributed by atoms with van der Waals surface area (Å²) in [4.78, 5) is 4.65. The van der Waals surface area contributed by atoms with Gasteiger partial charge in [-0.25, -0.2) is 4.98 Å². The number of nitrogens with zero attached hydrogens (tertiary/aromatic N) is 2. The van der Waals surface area contributed by atoms with Crippen LogP contribution in [-0.2, 0) is 0 Å². The number of benzene rings is 2. The van der Waals surface area contributed by atoms with Crippen LogP contribution in [0.4, 0.5) is 0 Å². The van der Waals surface area contributed by atoms with E-state index in [9.17, 15) is 0 Å². The lowest BCUT2D eigenvalue weighted by Gasteiger charge is -2.13. The Hall–Kier alpha value is -1.03. The fraction of sp³-hybridized carbons (Fsp3) is 0.188. The zero-order valence-electron chi connectivity index (χ0n) is 11.6. The van der Waals surface area contributed by atoms with E-state index >= 15 is 0 Å². The Kier molecular flexibility index (Phi) is 4.00. The molecule has 5 heteroatoms. The minimum Gasteiger partial charge on any atom is -0.295 e. The molecule has 0 N–H and O–H groups in total. The molecular weight excluding hydrogens is 371 g/mol. The van der Waals surface area contributed by atoms with Crippen molar-refractivity contribution in [2.24, 2.45) is 0 Å². The molecule has 0 spiro atoms. The Balaban J connectivity index is 2.38. The molecule has 3 rings (SSSR count).